The van der Waals surface area contributed by atoms with Crippen molar-refractivity contribution in [3.63, 3.8) is 0 Å². The Kier molecular flexibility index (Phi) is 4.06. The monoisotopic (exact) mass is 279 g/mol. The number of halogens is 1. The SMILES string of the molecule is COc1cc(Nc2cc(Cl)nc(C)n2)cc(OC)c1. The molecule has 0 saturated heterocycles. The van der Waals surface area contributed by atoms with E-state index in [4.69, 9.17) is 21.1 Å². The Bertz CT molecular complexity index is 548. The number of rotatable bonds is 4. The van der Waals surface area contributed by atoms with E-state index in [1.165, 1.54) is 0 Å². The van der Waals surface area contributed by atoms with Gasteiger partial charge in [0.05, 0.1) is 14.2 Å². The minimum absolute atomic E-state index is 0.393. The fourth-order valence-corrected chi connectivity index (χ4v) is 1.85. The summed E-state index contributed by atoms with van der Waals surface area (Å²) in [4.78, 5) is 8.26. The van der Waals surface area contributed by atoms with Gasteiger partial charge in [0.1, 0.15) is 28.3 Å². The second-order valence-corrected chi connectivity index (χ2v) is 4.24. The van der Waals surface area contributed by atoms with Crippen molar-refractivity contribution in [1.29, 1.82) is 0 Å². The first-order valence-corrected chi connectivity index (χ1v) is 6.00. The number of nitrogens with zero attached hydrogens (tertiary/aromatic N) is 2. The van der Waals surface area contributed by atoms with Gasteiger partial charge in [-0.3, -0.25) is 0 Å². The van der Waals surface area contributed by atoms with Gasteiger partial charge in [0.15, 0.2) is 0 Å². The molecular formula is C13H14ClN3O2. The Morgan fingerprint density at radius 2 is 1.63 bits per heavy atom. The van der Waals surface area contributed by atoms with Gasteiger partial charge in [-0.2, -0.15) is 0 Å². The summed E-state index contributed by atoms with van der Waals surface area (Å²) in [7, 11) is 3.20. The van der Waals surface area contributed by atoms with E-state index in [1.54, 1.807) is 33.3 Å². The largest absolute Gasteiger partial charge is 0.497 e. The molecule has 0 saturated carbocycles. The summed E-state index contributed by atoms with van der Waals surface area (Å²) in [6.45, 7) is 1.78. The van der Waals surface area contributed by atoms with E-state index in [0.717, 1.165) is 5.69 Å². The first-order valence-electron chi connectivity index (χ1n) is 5.62. The lowest BCUT2D eigenvalue weighted by atomic mass is 10.2. The third kappa shape index (κ3) is 3.48. The van der Waals surface area contributed by atoms with Crippen LogP contribution >= 0.6 is 11.6 Å². The van der Waals surface area contributed by atoms with Gasteiger partial charge in [-0.25, -0.2) is 9.97 Å². The summed E-state index contributed by atoms with van der Waals surface area (Å²) >= 11 is 5.89. The van der Waals surface area contributed by atoms with Crippen LogP contribution in [0.3, 0.4) is 0 Å². The second kappa shape index (κ2) is 5.75. The lowest BCUT2D eigenvalue weighted by Gasteiger charge is -2.10. The topological polar surface area (TPSA) is 56.3 Å². The predicted molar refractivity (Wildman–Crippen MR) is 74.6 cm³/mol. The van der Waals surface area contributed by atoms with Crippen molar-refractivity contribution in [1.82, 2.24) is 9.97 Å². The first-order chi connectivity index (χ1) is 9.10. The van der Waals surface area contributed by atoms with Crippen LogP contribution in [0.25, 0.3) is 0 Å². The number of aryl methyl sites for hydroxylation is 1. The predicted octanol–water partition coefficient (Wildman–Crippen LogP) is 3.20. The molecule has 0 bridgehead atoms. The number of aromatic nitrogens is 2. The van der Waals surface area contributed by atoms with Gasteiger partial charge in [-0.15, -0.1) is 0 Å². The van der Waals surface area contributed by atoms with Crippen LogP contribution in [0.5, 0.6) is 11.5 Å². The Labute approximate surface area is 116 Å². The van der Waals surface area contributed by atoms with E-state index in [2.05, 4.69) is 15.3 Å². The maximum absolute atomic E-state index is 5.89. The Morgan fingerprint density at radius 3 is 2.16 bits per heavy atom. The quantitative estimate of drug-likeness (QED) is 0.871. The number of ether oxygens (including phenoxy) is 2. The lowest BCUT2D eigenvalue weighted by Crippen LogP contribution is -1.98. The third-order valence-electron chi connectivity index (χ3n) is 2.43. The van der Waals surface area contributed by atoms with Crippen LogP contribution in [-0.2, 0) is 0 Å². The highest BCUT2D eigenvalue weighted by molar-refractivity contribution is 6.29. The highest BCUT2D eigenvalue weighted by Crippen LogP contribution is 2.27. The highest BCUT2D eigenvalue weighted by atomic mass is 35.5. The van der Waals surface area contributed by atoms with Crippen molar-refractivity contribution in [2.24, 2.45) is 0 Å². The minimum atomic E-state index is 0.393. The number of hydrogen-bond acceptors (Lipinski definition) is 5. The number of methoxy groups -OCH3 is 2. The fourth-order valence-electron chi connectivity index (χ4n) is 1.62. The van der Waals surface area contributed by atoms with Gasteiger partial charge in [-0.1, -0.05) is 11.6 Å². The second-order valence-electron chi connectivity index (χ2n) is 3.85. The Hall–Kier alpha value is -2.01. The normalized spacial score (nSPS) is 10.1. The van der Waals surface area contributed by atoms with Gasteiger partial charge in [0.2, 0.25) is 0 Å². The van der Waals surface area contributed by atoms with Crippen LogP contribution in [0.4, 0.5) is 11.5 Å². The molecule has 5 nitrogen and oxygen atoms in total. The summed E-state index contributed by atoms with van der Waals surface area (Å²) in [5.41, 5.74) is 0.797. The number of nitrogens with one attached hydrogen (secondary N) is 1. The molecule has 2 aromatic rings. The van der Waals surface area contributed by atoms with Crippen LogP contribution in [0.15, 0.2) is 24.3 Å². The average molecular weight is 280 g/mol. The first kappa shape index (κ1) is 13.4. The Balaban J connectivity index is 2.31. The smallest absolute Gasteiger partial charge is 0.135 e. The zero-order valence-corrected chi connectivity index (χ0v) is 11.7. The van der Waals surface area contributed by atoms with Crippen molar-refractivity contribution in [2.45, 2.75) is 6.92 Å². The molecule has 0 aliphatic carbocycles. The fraction of sp³-hybridized carbons (Fsp3) is 0.231. The van der Waals surface area contributed by atoms with Gasteiger partial charge >= 0.3 is 0 Å². The summed E-state index contributed by atoms with van der Waals surface area (Å²) in [5.74, 6) is 2.61. The van der Waals surface area contributed by atoms with Crippen LogP contribution < -0.4 is 14.8 Å². The number of anilines is 2. The minimum Gasteiger partial charge on any atom is -0.497 e. The van der Waals surface area contributed by atoms with E-state index in [9.17, 15) is 0 Å². The van der Waals surface area contributed by atoms with Gasteiger partial charge in [0.25, 0.3) is 0 Å². The number of hydrogen-bond donors (Lipinski definition) is 1. The van der Waals surface area contributed by atoms with Crippen LogP contribution in [0.2, 0.25) is 5.15 Å². The summed E-state index contributed by atoms with van der Waals surface area (Å²) in [5, 5.41) is 3.53. The van der Waals surface area contributed by atoms with Crippen molar-refractivity contribution in [3.8, 4) is 11.5 Å². The van der Waals surface area contributed by atoms with Crippen molar-refractivity contribution in [3.05, 3.63) is 35.2 Å². The molecule has 0 amide bonds. The van der Waals surface area contributed by atoms with Crippen molar-refractivity contribution >= 4 is 23.1 Å². The molecule has 1 heterocycles. The van der Waals surface area contributed by atoms with Crippen LogP contribution in [-0.4, -0.2) is 24.2 Å². The van der Waals surface area contributed by atoms with E-state index < -0.39 is 0 Å². The van der Waals surface area contributed by atoms with E-state index in [-0.39, 0.29) is 0 Å². The molecule has 1 N–H and O–H groups in total. The average Bonchev–Trinajstić information content (AvgIpc) is 2.37. The summed E-state index contributed by atoms with van der Waals surface area (Å²) in [6, 6.07) is 7.13. The molecule has 1 aromatic heterocycles. The molecule has 0 spiro atoms. The van der Waals surface area contributed by atoms with Crippen molar-refractivity contribution < 1.29 is 9.47 Å². The van der Waals surface area contributed by atoms with E-state index >= 15 is 0 Å². The maximum Gasteiger partial charge on any atom is 0.135 e. The lowest BCUT2D eigenvalue weighted by molar-refractivity contribution is 0.395. The number of benzene rings is 1. The molecule has 0 aliphatic rings. The molecule has 2 rings (SSSR count). The summed E-state index contributed by atoms with van der Waals surface area (Å²) in [6.07, 6.45) is 0. The van der Waals surface area contributed by atoms with E-state index in [1.807, 2.05) is 12.1 Å². The third-order valence-corrected chi connectivity index (χ3v) is 2.62. The van der Waals surface area contributed by atoms with Gasteiger partial charge in [-0.05, 0) is 6.92 Å². The zero-order valence-electron chi connectivity index (χ0n) is 10.9. The molecule has 0 atom stereocenters. The molecule has 19 heavy (non-hydrogen) atoms. The maximum atomic E-state index is 5.89. The van der Waals surface area contributed by atoms with Gasteiger partial charge < -0.3 is 14.8 Å². The van der Waals surface area contributed by atoms with Crippen LogP contribution in [0.1, 0.15) is 5.82 Å². The Morgan fingerprint density at radius 1 is 1.00 bits per heavy atom. The zero-order chi connectivity index (χ0) is 13.8. The molecule has 100 valence electrons. The molecule has 0 fully saturated rings. The molecule has 0 unspecified atom stereocenters. The molecule has 1 aromatic carbocycles. The molecule has 0 radical (unpaired) electrons. The van der Waals surface area contributed by atoms with Crippen molar-refractivity contribution in [2.75, 3.05) is 19.5 Å². The highest BCUT2D eigenvalue weighted by Gasteiger charge is 2.04. The molecular weight excluding hydrogens is 266 g/mol. The standard InChI is InChI=1S/C13H14ClN3O2/c1-8-15-12(14)7-13(16-8)17-9-4-10(18-2)6-11(5-9)19-3/h4-7H,1-3H3,(H,15,16,17). The summed E-state index contributed by atoms with van der Waals surface area (Å²) < 4.78 is 10.4. The molecule has 0 aliphatic heterocycles. The van der Waals surface area contributed by atoms with Crippen LogP contribution in [0, 0.1) is 6.92 Å². The van der Waals surface area contributed by atoms with Gasteiger partial charge in [0, 0.05) is 30.0 Å². The van der Waals surface area contributed by atoms with E-state index in [0.29, 0.717) is 28.3 Å². The molecule has 6 heteroatoms.